The van der Waals surface area contributed by atoms with E-state index in [1.807, 2.05) is 18.2 Å². The molecule has 0 radical (unpaired) electrons. The van der Waals surface area contributed by atoms with E-state index < -0.39 is 17.7 Å². The first-order valence-corrected chi connectivity index (χ1v) is 9.04. The molecule has 0 amide bonds. The molecule has 1 unspecified atom stereocenters. The van der Waals surface area contributed by atoms with E-state index in [1.165, 1.54) is 0 Å². The first-order chi connectivity index (χ1) is 14.6. The molecule has 0 saturated carbocycles. The summed E-state index contributed by atoms with van der Waals surface area (Å²) in [6, 6.07) is 4.89. The molecule has 1 atom stereocenters. The first kappa shape index (κ1) is 19.6. The molecule has 11 heteroatoms. The SMILES string of the molecule is CC(Nc1nc(-c2cnn3ccccc23)nc(OCCO)c1F)c1ncc(F)cn1. The molecule has 0 aliphatic rings. The van der Waals surface area contributed by atoms with Crippen LogP contribution >= 0.6 is 0 Å². The minimum Gasteiger partial charge on any atom is -0.473 e. The van der Waals surface area contributed by atoms with Crippen molar-refractivity contribution in [3.63, 3.8) is 0 Å². The molecule has 4 aromatic heterocycles. The van der Waals surface area contributed by atoms with Gasteiger partial charge in [0.25, 0.3) is 5.88 Å². The molecule has 0 aromatic carbocycles. The number of aliphatic hydroxyl groups excluding tert-OH is 1. The van der Waals surface area contributed by atoms with Crippen LogP contribution in [0.1, 0.15) is 18.8 Å². The average molecular weight is 413 g/mol. The average Bonchev–Trinajstić information content (AvgIpc) is 3.19. The van der Waals surface area contributed by atoms with Gasteiger partial charge < -0.3 is 15.2 Å². The number of nitrogens with zero attached hydrogens (tertiary/aromatic N) is 6. The smallest absolute Gasteiger partial charge is 0.256 e. The summed E-state index contributed by atoms with van der Waals surface area (Å²) in [6.45, 7) is 1.23. The van der Waals surface area contributed by atoms with Crippen molar-refractivity contribution >= 4 is 11.3 Å². The highest BCUT2D eigenvalue weighted by Crippen LogP contribution is 2.29. The molecular formula is C19H17F2N7O2. The molecule has 2 N–H and O–H groups in total. The van der Waals surface area contributed by atoms with Crippen LogP contribution in [0.2, 0.25) is 0 Å². The van der Waals surface area contributed by atoms with Crippen molar-refractivity contribution in [3.05, 3.63) is 60.4 Å². The predicted octanol–water partition coefficient (Wildman–Crippen LogP) is 2.40. The van der Waals surface area contributed by atoms with Gasteiger partial charge in [0, 0.05) is 6.20 Å². The lowest BCUT2D eigenvalue weighted by atomic mass is 10.2. The van der Waals surface area contributed by atoms with Crippen LogP contribution < -0.4 is 10.1 Å². The fourth-order valence-corrected chi connectivity index (χ4v) is 2.80. The zero-order chi connectivity index (χ0) is 21.1. The molecule has 0 aliphatic carbocycles. The molecule has 4 rings (SSSR count). The van der Waals surface area contributed by atoms with Crippen molar-refractivity contribution in [3.8, 4) is 17.3 Å². The van der Waals surface area contributed by atoms with Gasteiger partial charge in [-0.25, -0.2) is 23.9 Å². The van der Waals surface area contributed by atoms with E-state index in [2.05, 4.69) is 30.4 Å². The van der Waals surface area contributed by atoms with Gasteiger partial charge in [-0.3, -0.25) is 0 Å². The Morgan fingerprint density at radius 1 is 1.17 bits per heavy atom. The largest absolute Gasteiger partial charge is 0.473 e. The van der Waals surface area contributed by atoms with Crippen LogP contribution in [-0.4, -0.2) is 47.9 Å². The van der Waals surface area contributed by atoms with Crippen molar-refractivity contribution < 1.29 is 18.6 Å². The van der Waals surface area contributed by atoms with E-state index in [9.17, 15) is 8.78 Å². The minimum atomic E-state index is -0.836. The lowest BCUT2D eigenvalue weighted by molar-refractivity contribution is 0.191. The second kappa shape index (κ2) is 8.33. The van der Waals surface area contributed by atoms with Crippen LogP contribution in [0.3, 0.4) is 0 Å². The van der Waals surface area contributed by atoms with E-state index in [4.69, 9.17) is 9.84 Å². The Hall–Kier alpha value is -3.73. The number of fused-ring (bicyclic) bond motifs is 1. The summed E-state index contributed by atoms with van der Waals surface area (Å²) in [7, 11) is 0. The Morgan fingerprint density at radius 3 is 2.73 bits per heavy atom. The van der Waals surface area contributed by atoms with Gasteiger partial charge in [-0.05, 0) is 19.1 Å². The maximum Gasteiger partial charge on any atom is 0.256 e. The summed E-state index contributed by atoms with van der Waals surface area (Å²) in [6.07, 6.45) is 5.38. The summed E-state index contributed by atoms with van der Waals surface area (Å²) < 4.78 is 34.9. The number of halogens is 2. The number of rotatable bonds is 7. The number of anilines is 1. The van der Waals surface area contributed by atoms with Crippen molar-refractivity contribution in [2.24, 2.45) is 0 Å². The van der Waals surface area contributed by atoms with E-state index in [-0.39, 0.29) is 36.6 Å². The molecule has 0 spiro atoms. The molecule has 4 aromatic rings. The van der Waals surface area contributed by atoms with Crippen LogP contribution in [0.25, 0.3) is 16.9 Å². The molecule has 30 heavy (non-hydrogen) atoms. The van der Waals surface area contributed by atoms with Crippen molar-refractivity contribution in [2.75, 3.05) is 18.5 Å². The molecule has 0 bridgehead atoms. The Labute approximate surface area is 169 Å². The number of aromatic nitrogens is 6. The summed E-state index contributed by atoms with van der Waals surface area (Å²) in [5.74, 6) is -1.44. The fourth-order valence-electron chi connectivity index (χ4n) is 2.80. The highest BCUT2D eigenvalue weighted by atomic mass is 19.1. The standard InChI is InChI=1S/C19H17F2N7O2/c1-11(16-22-8-12(20)9-23-16)25-18-15(21)19(30-7-6-29)27-17(26-18)13-10-24-28-5-3-2-4-14(13)28/h2-5,8-11,29H,6-7H2,1H3,(H,25,26,27). The van der Waals surface area contributed by atoms with Crippen LogP contribution in [0.4, 0.5) is 14.6 Å². The number of hydrogen-bond acceptors (Lipinski definition) is 8. The number of aliphatic hydroxyl groups is 1. The molecular weight excluding hydrogens is 396 g/mol. The van der Waals surface area contributed by atoms with Gasteiger partial charge in [-0.1, -0.05) is 6.07 Å². The van der Waals surface area contributed by atoms with Crippen molar-refractivity contribution in [1.82, 2.24) is 29.5 Å². The topological polar surface area (TPSA) is 110 Å². The quantitative estimate of drug-likeness (QED) is 0.475. The van der Waals surface area contributed by atoms with Crippen LogP contribution in [0.5, 0.6) is 5.88 Å². The lowest BCUT2D eigenvalue weighted by Gasteiger charge is -2.16. The molecule has 154 valence electrons. The Kier molecular flexibility index (Phi) is 5.44. The number of pyridine rings is 1. The maximum absolute atomic E-state index is 15.0. The number of hydrogen-bond donors (Lipinski definition) is 2. The second-order valence-electron chi connectivity index (χ2n) is 6.30. The third-order valence-corrected chi connectivity index (χ3v) is 4.20. The van der Waals surface area contributed by atoms with Gasteiger partial charge in [-0.2, -0.15) is 14.5 Å². The minimum absolute atomic E-state index is 0.141. The van der Waals surface area contributed by atoms with E-state index >= 15 is 0 Å². The summed E-state index contributed by atoms with van der Waals surface area (Å²) >= 11 is 0. The maximum atomic E-state index is 15.0. The van der Waals surface area contributed by atoms with Gasteiger partial charge in [0.2, 0.25) is 5.82 Å². The van der Waals surface area contributed by atoms with Gasteiger partial charge in [0.1, 0.15) is 12.4 Å². The highest BCUT2D eigenvalue weighted by molar-refractivity contribution is 5.76. The molecule has 0 aliphatic heterocycles. The van der Waals surface area contributed by atoms with E-state index in [0.717, 1.165) is 17.9 Å². The Balaban J connectivity index is 1.75. The number of nitrogens with one attached hydrogen (secondary N) is 1. The van der Waals surface area contributed by atoms with Gasteiger partial charge in [0.15, 0.2) is 17.5 Å². The fraction of sp³-hybridized carbons (Fsp3) is 0.211. The summed E-state index contributed by atoms with van der Waals surface area (Å²) in [5.41, 5.74) is 1.29. The van der Waals surface area contributed by atoms with Gasteiger partial charge in [0.05, 0.1) is 42.3 Å². The van der Waals surface area contributed by atoms with Crippen molar-refractivity contribution in [1.29, 1.82) is 0 Å². The van der Waals surface area contributed by atoms with E-state index in [1.54, 1.807) is 23.8 Å². The molecule has 0 saturated heterocycles. The summed E-state index contributed by atoms with van der Waals surface area (Å²) in [4.78, 5) is 16.2. The van der Waals surface area contributed by atoms with Gasteiger partial charge in [-0.15, -0.1) is 0 Å². The van der Waals surface area contributed by atoms with Crippen LogP contribution in [-0.2, 0) is 0 Å². The monoisotopic (exact) mass is 413 g/mol. The number of ether oxygens (including phenoxy) is 1. The zero-order valence-electron chi connectivity index (χ0n) is 15.8. The molecule has 9 nitrogen and oxygen atoms in total. The molecule has 4 heterocycles. The normalized spacial score (nSPS) is 12.1. The zero-order valence-corrected chi connectivity index (χ0v) is 15.8. The summed E-state index contributed by atoms with van der Waals surface area (Å²) in [5, 5.41) is 16.1. The van der Waals surface area contributed by atoms with Crippen molar-refractivity contribution in [2.45, 2.75) is 13.0 Å². The Morgan fingerprint density at radius 2 is 1.97 bits per heavy atom. The third kappa shape index (κ3) is 3.87. The predicted molar refractivity (Wildman–Crippen MR) is 103 cm³/mol. The molecule has 0 fully saturated rings. The second-order valence-corrected chi connectivity index (χ2v) is 6.30. The highest BCUT2D eigenvalue weighted by Gasteiger charge is 2.21. The van der Waals surface area contributed by atoms with Crippen LogP contribution in [0, 0.1) is 11.6 Å². The van der Waals surface area contributed by atoms with E-state index in [0.29, 0.717) is 5.56 Å². The third-order valence-electron chi connectivity index (χ3n) is 4.20. The van der Waals surface area contributed by atoms with Gasteiger partial charge >= 0.3 is 0 Å². The van der Waals surface area contributed by atoms with Crippen LogP contribution in [0.15, 0.2) is 43.0 Å². The Bertz CT molecular complexity index is 1170. The first-order valence-electron chi connectivity index (χ1n) is 9.04. The lowest BCUT2D eigenvalue weighted by Crippen LogP contribution is -2.15.